The Morgan fingerprint density at radius 3 is 3.09 bits per heavy atom. The number of aromatic nitrogens is 2. The van der Waals surface area contributed by atoms with Crippen molar-refractivity contribution in [1.82, 2.24) is 15.3 Å². The highest BCUT2D eigenvalue weighted by Gasteiger charge is 2.07. The zero-order chi connectivity index (χ0) is 8.27. The number of rotatable bonds is 2. The lowest BCUT2D eigenvalue weighted by atomic mass is 10.3. The Labute approximate surface area is 65.0 Å². The van der Waals surface area contributed by atoms with Gasteiger partial charge in [0, 0.05) is 19.3 Å². The van der Waals surface area contributed by atoms with Gasteiger partial charge in [-0.25, -0.2) is 4.98 Å². The van der Waals surface area contributed by atoms with E-state index in [1.807, 2.05) is 0 Å². The highest BCUT2D eigenvalue weighted by molar-refractivity contribution is 5.73. The second-order valence-corrected chi connectivity index (χ2v) is 2.23. The normalized spacial score (nSPS) is 12.5. The van der Waals surface area contributed by atoms with E-state index in [4.69, 9.17) is 0 Å². The fourth-order valence-corrected chi connectivity index (χ4v) is 0.782. The van der Waals surface area contributed by atoms with Crippen LogP contribution < -0.4 is 5.32 Å². The van der Waals surface area contributed by atoms with E-state index >= 15 is 0 Å². The van der Waals surface area contributed by atoms with Gasteiger partial charge in [-0.1, -0.05) is 0 Å². The highest BCUT2D eigenvalue weighted by Crippen LogP contribution is 2.03. The molecular weight excluding hydrogens is 142 g/mol. The van der Waals surface area contributed by atoms with Crippen LogP contribution in [-0.2, 0) is 4.79 Å². The summed E-state index contributed by atoms with van der Waals surface area (Å²) in [7, 11) is 0. The minimum Gasteiger partial charge on any atom is -0.347 e. The molecule has 1 atom stereocenters. The van der Waals surface area contributed by atoms with Crippen molar-refractivity contribution in [1.29, 1.82) is 0 Å². The standard InChI is InChI=1S/C7H10N3O/c1-5(10-6(2)11)7-8-3-4-9-7/h3-5H,1H2,2H3,(H,8,9)(H,10,11). The van der Waals surface area contributed by atoms with Crippen LogP contribution in [0.1, 0.15) is 18.8 Å². The minimum absolute atomic E-state index is 0.110. The SMILES string of the molecule is [CH2]C(NC(C)=O)c1ncc[nH]1. The number of amides is 1. The summed E-state index contributed by atoms with van der Waals surface area (Å²) in [5.41, 5.74) is 0. The Bertz CT molecular complexity index is 230. The molecule has 1 aromatic heterocycles. The monoisotopic (exact) mass is 152 g/mol. The lowest BCUT2D eigenvalue weighted by Crippen LogP contribution is -2.24. The van der Waals surface area contributed by atoms with Crippen molar-refractivity contribution in [3.05, 3.63) is 25.1 Å². The molecule has 0 saturated carbocycles. The summed E-state index contributed by atoms with van der Waals surface area (Å²) in [5.74, 6) is 0.557. The third-order valence-electron chi connectivity index (χ3n) is 1.23. The van der Waals surface area contributed by atoms with Gasteiger partial charge in [-0.05, 0) is 6.92 Å². The fraction of sp³-hybridized carbons (Fsp3) is 0.286. The first-order valence-corrected chi connectivity index (χ1v) is 3.29. The Hall–Kier alpha value is -1.32. The van der Waals surface area contributed by atoms with Crippen molar-refractivity contribution in [2.45, 2.75) is 13.0 Å². The van der Waals surface area contributed by atoms with Gasteiger partial charge < -0.3 is 10.3 Å². The topological polar surface area (TPSA) is 57.8 Å². The van der Waals surface area contributed by atoms with Crippen molar-refractivity contribution in [2.75, 3.05) is 0 Å². The van der Waals surface area contributed by atoms with Crippen LogP contribution in [0.5, 0.6) is 0 Å². The number of carbonyl (C=O) groups is 1. The molecule has 1 amide bonds. The molecule has 0 bridgehead atoms. The number of hydrogen-bond donors (Lipinski definition) is 2. The molecule has 2 N–H and O–H groups in total. The Balaban J connectivity index is 2.56. The van der Waals surface area contributed by atoms with Gasteiger partial charge in [-0.3, -0.25) is 4.79 Å². The zero-order valence-corrected chi connectivity index (χ0v) is 6.29. The van der Waals surface area contributed by atoms with Crippen LogP contribution >= 0.6 is 0 Å². The Morgan fingerprint density at radius 2 is 2.64 bits per heavy atom. The summed E-state index contributed by atoms with van der Waals surface area (Å²) >= 11 is 0. The molecule has 59 valence electrons. The van der Waals surface area contributed by atoms with Gasteiger partial charge in [-0.15, -0.1) is 0 Å². The first kappa shape index (κ1) is 7.78. The van der Waals surface area contributed by atoms with Gasteiger partial charge in [0.25, 0.3) is 0 Å². The van der Waals surface area contributed by atoms with Crippen LogP contribution in [0, 0.1) is 6.92 Å². The summed E-state index contributed by atoms with van der Waals surface area (Å²) < 4.78 is 0. The molecule has 1 aromatic rings. The van der Waals surface area contributed by atoms with Crippen molar-refractivity contribution >= 4 is 5.91 Å². The number of carbonyl (C=O) groups excluding carboxylic acids is 1. The van der Waals surface area contributed by atoms with E-state index < -0.39 is 0 Å². The van der Waals surface area contributed by atoms with Crippen LogP contribution in [0.15, 0.2) is 12.4 Å². The lowest BCUT2D eigenvalue weighted by Gasteiger charge is -2.07. The maximum atomic E-state index is 10.6. The van der Waals surface area contributed by atoms with Crippen molar-refractivity contribution in [3.8, 4) is 0 Å². The average Bonchev–Trinajstić information content (AvgIpc) is 2.35. The number of imidazole rings is 1. The summed E-state index contributed by atoms with van der Waals surface area (Å²) in [6.07, 6.45) is 3.31. The largest absolute Gasteiger partial charge is 0.347 e. The zero-order valence-electron chi connectivity index (χ0n) is 6.29. The number of H-pyrrole nitrogens is 1. The first-order valence-electron chi connectivity index (χ1n) is 3.29. The lowest BCUT2D eigenvalue weighted by molar-refractivity contribution is -0.119. The average molecular weight is 152 g/mol. The van der Waals surface area contributed by atoms with Crippen molar-refractivity contribution in [3.63, 3.8) is 0 Å². The summed E-state index contributed by atoms with van der Waals surface area (Å²) in [6.45, 7) is 5.14. The van der Waals surface area contributed by atoms with E-state index in [0.717, 1.165) is 0 Å². The van der Waals surface area contributed by atoms with Crippen LogP contribution in [0.3, 0.4) is 0 Å². The summed E-state index contributed by atoms with van der Waals surface area (Å²) in [4.78, 5) is 17.3. The molecule has 0 aliphatic rings. The molecule has 0 fully saturated rings. The van der Waals surface area contributed by atoms with E-state index in [2.05, 4.69) is 22.2 Å². The minimum atomic E-state index is -0.289. The smallest absolute Gasteiger partial charge is 0.217 e. The van der Waals surface area contributed by atoms with Crippen molar-refractivity contribution < 1.29 is 4.79 Å². The molecule has 1 rings (SSSR count). The summed E-state index contributed by atoms with van der Waals surface area (Å²) in [6, 6.07) is -0.289. The Kier molecular flexibility index (Phi) is 2.25. The number of nitrogens with one attached hydrogen (secondary N) is 2. The number of nitrogens with zero attached hydrogens (tertiary/aromatic N) is 1. The van der Waals surface area contributed by atoms with Gasteiger partial charge in [0.15, 0.2) is 0 Å². The predicted octanol–water partition coefficient (Wildman–Crippen LogP) is 0.421. The molecule has 1 radical (unpaired) electrons. The second kappa shape index (κ2) is 3.18. The molecule has 4 nitrogen and oxygen atoms in total. The van der Waals surface area contributed by atoms with Gasteiger partial charge in [0.1, 0.15) is 5.82 Å². The second-order valence-electron chi connectivity index (χ2n) is 2.23. The highest BCUT2D eigenvalue weighted by atomic mass is 16.1. The van der Waals surface area contributed by atoms with Crippen LogP contribution in [0.25, 0.3) is 0 Å². The quantitative estimate of drug-likeness (QED) is 0.645. The molecule has 0 aromatic carbocycles. The molecule has 1 unspecified atom stereocenters. The maximum Gasteiger partial charge on any atom is 0.217 e. The molecule has 1 heterocycles. The van der Waals surface area contributed by atoms with E-state index in [9.17, 15) is 4.79 Å². The fourth-order valence-electron chi connectivity index (χ4n) is 0.782. The molecule has 0 aliphatic carbocycles. The predicted molar refractivity (Wildman–Crippen MR) is 40.5 cm³/mol. The number of hydrogen-bond acceptors (Lipinski definition) is 2. The van der Waals surface area contributed by atoms with Crippen LogP contribution in [0.2, 0.25) is 0 Å². The van der Waals surface area contributed by atoms with Gasteiger partial charge in [0.2, 0.25) is 5.91 Å². The molecule has 0 spiro atoms. The van der Waals surface area contributed by atoms with Gasteiger partial charge in [-0.2, -0.15) is 0 Å². The maximum absolute atomic E-state index is 10.6. The van der Waals surface area contributed by atoms with Gasteiger partial charge >= 0.3 is 0 Å². The first-order chi connectivity index (χ1) is 5.20. The molecule has 0 saturated heterocycles. The molecule has 4 heteroatoms. The third kappa shape index (κ3) is 2.07. The van der Waals surface area contributed by atoms with E-state index in [1.54, 1.807) is 12.4 Å². The number of aromatic amines is 1. The Morgan fingerprint density at radius 1 is 1.91 bits per heavy atom. The van der Waals surface area contributed by atoms with Crippen LogP contribution in [0.4, 0.5) is 0 Å². The van der Waals surface area contributed by atoms with Crippen LogP contribution in [-0.4, -0.2) is 15.9 Å². The molecule has 0 aliphatic heterocycles. The van der Waals surface area contributed by atoms with E-state index in [-0.39, 0.29) is 11.9 Å². The third-order valence-corrected chi connectivity index (χ3v) is 1.23. The molecule has 11 heavy (non-hydrogen) atoms. The summed E-state index contributed by atoms with van der Waals surface area (Å²) in [5, 5.41) is 2.60. The van der Waals surface area contributed by atoms with E-state index in [0.29, 0.717) is 5.82 Å². The van der Waals surface area contributed by atoms with Crippen molar-refractivity contribution in [2.24, 2.45) is 0 Å². The van der Waals surface area contributed by atoms with Gasteiger partial charge in [0.05, 0.1) is 6.04 Å². The van der Waals surface area contributed by atoms with E-state index in [1.165, 1.54) is 6.92 Å². The molecular formula is C7H10N3O.